The fourth-order valence-corrected chi connectivity index (χ4v) is 2.60. The average molecular weight is 321 g/mol. The monoisotopic (exact) mass is 321 g/mol. The van der Waals surface area contributed by atoms with E-state index in [1.54, 1.807) is 18.5 Å². The van der Waals surface area contributed by atoms with E-state index in [1.165, 1.54) is 0 Å². The lowest BCUT2D eigenvalue weighted by atomic mass is 10.00. The SMILES string of the molecule is O=C(Nc1cncc(NC(=O)C2C=CC=CC2)c1)C1C=CC=CC1. The zero-order valence-corrected chi connectivity index (χ0v) is 13.2. The second kappa shape index (κ2) is 7.55. The summed E-state index contributed by atoms with van der Waals surface area (Å²) < 4.78 is 0. The molecule has 0 aromatic carbocycles. The Balaban J connectivity index is 1.61. The number of amides is 2. The lowest BCUT2D eigenvalue weighted by molar-refractivity contribution is -0.119. The van der Waals surface area contributed by atoms with Crippen LogP contribution in [-0.4, -0.2) is 16.8 Å². The van der Waals surface area contributed by atoms with Crippen LogP contribution in [0.1, 0.15) is 12.8 Å². The number of carbonyl (C=O) groups is 2. The molecule has 1 aromatic heterocycles. The summed E-state index contributed by atoms with van der Waals surface area (Å²) in [4.78, 5) is 28.5. The molecule has 0 saturated carbocycles. The number of carbonyl (C=O) groups excluding carboxylic acids is 2. The third kappa shape index (κ3) is 4.07. The van der Waals surface area contributed by atoms with Gasteiger partial charge < -0.3 is 10.6 Å². The van der Waals surface area contributed by atoms with E-state index in [1.807, 2.05) is 48.6 Å². The van der Waals surface area contributed by atoms with Gasteiger partial charge in [0.1, 0.15) is 0 Å². The smallest absolute Gasteiger partial charge is 0.231 e. The summed E-state index contributed by atoms with van der Waals surface area (Å²) >= 11 is 0. The highest BCUT2D eigenvalue weighted by Gasteiger charge is 2.17. The molecule has 0 saturated heterocycles. The lowest BCUT2D eigenvalue weighted by Crippen LogP contribution is -2.23. The molecule has 2 aliphatic rings. The van der Waals surface area contributed by atoms with Gasteiger partial charge in [0, 0.05) is 0 Å². The van der Waals surface area contributed by atoms with Crippen molar-refractivity contribution >= 4 is 23.2 Å². The number of hydrogen-bond acceptors (Lipinski definition) is 3. The van der Waals surface area contributed by atoms with Gasteiger partial charge in [-0.2, -0.15) is 0 Å². The van der Waals surface area contributed by atoms with Crippen molar-refractivity contribution in [1.82, 2.24) is 4.98 Å². The highest BCUT2D eigenvalue weighted by Crippen LogP contribution is 2.19. The van der Waals surface area contributed by atoms with E-state index in [2.05, 4.69) is 15.6 Å². The molecule has 3 rings (SSSR count). The van der Waals surface area contributed by atoms with Gasteiger partial charge in [-0.15, -0.1) is 0 Å². The molecule has 0 radical (unpaired) electrons. The second-order valence-electron chi connectivity index (χ2n) is 5.75. The van der Waals surface area contributed by atoms with E-state index >= 15 is 0 Å². The van der Waals surface area contributed by atoms with Crippen LogP contribution in [0.25, 0.3) is 0 Å². The maximum atomic E-state index is 12.2. The molecule has 2 amide bonds. The van der Waals surface area contributed by atoms with Crippen molar-refractivity contribution in [1.29, 1.82) is 0 Å². The molecule has 2 atom stereocenters. The molecule has 5 nitrogen and oxygen atoms in total. The minimum Gasteiger partial charge on any atom is -0.324 e. The molecule has 0 spiro atoms. The number of nitrogens with one attached hydrogen (secondary N) is 2. The Labute approximate surface area is 140 Å². The minimum absolute atomic E-state index is 0.0822. The van der Waals surface area contributed by atoms with E-state index < -0.39 is 0 Å². The minimum atomic E-state index is -0.174. The molecule has 122 valence electrons. The molecule has 24 heavy (non-hydrogen) atoms. The Morgan fingerprint density at radius 3 is 1.75 bits per heavy atom. The molecular formula is C19H19N3O2. The van der Waals surface area contributed by atoms with E-state index in [-0.39, 0.29) is 23.7 Å². The number of anilines is 2. The zero-order chi connectivity index (χ0) is 16.8. The standard InChI is InChI=1S/C19H19N3O2/c23-18(14-7-3-1-4-8-14)21-16-11-17(13-20-12-16)22-19(24)15-9-5-2-6-10-15/h1-7,9,11-15H,8,10H2,(H,21,23)(H,22,24). The van der Waals surface area contributed by atoms with Crippen LogP contribution >= 0.6 is 0 Å². The molecule has 0 aliphatic heterocycles. The summed E-state index contributed by atoms with van der Waals surface area (Å²) in [6.45, 7) is 0. The van der Waals surface area contributed by atoms with E-state index in [4.69, 9.17) is 0 Å². The Morgan fingerprint density at radius 2 is 1.33 bits per heavy atom. The summed E-state index contributed by atoms with van der Waals surface area (Å²) in [6.07, 6.45) is 19.8. The second-order valence-corrected chi connectivity index (χ2v) is 5.75. The topological polar surface area (TPSA) is 71.1 Å². The van der Waals surface area contributed by atoms with Crippen LogP contribution < -0.4 is 10.6 Å². The number of allylic oxidation sites excluding steroid dienone is 6. The predicted molar refractivity (Wildman–Crippen MR) is 94.3 cm³/mol. The molecule has 2 aliphatic carbocycles. The van der Waals surface area contributed by atoms with Crippen LogP contribution in [0, 0.1) is 11.8 Å². The van der Waals surface area contributed by atoms with E-state index in [0.29, 0.717) is 24.2 Å². The summed E-state index contributed by atoms with van der Waals surface area (Å²) in [5, 5.41) is 5.68. The van der Waals surface area contributed by atoms with Gasteiger partial charge in [-0.05, 0) is 18.9 Å². The Morgan fingerprint density at radius 1 is 0.833 bits per heavy atom. The molecule has 0 fully saturated rings. The first-order valence-electron chi connectivity index (χ1n) is 7.96. The van der Waals surface area contributed by atoms with Crippen molar-refractivity contribution in [2.75, 3.05) is 10.6 Å². The van der Waals surface area contributed by atoms with E-state index in [0.717, 1.165) is 0 Å². The molecule has 1 heterocycles. The molecule has 5 heteroatoms. The summed E-state index contributed by atoms with van der Waals surface area (Å²) in [5.74, 6) is -0.512. The van der Waals surface area contributed by atoms with Gasteiger partial charge >= 0.3 is 0 Å². The van der Waals surface area contributed by atoms with Crippen LogP contribution in [0.5, 0.6) is 0 Å². The van der Waals surface area contributed by atoms with Crippen molar-refractivity contribution < 1.29 is 9.59 Å². The fourth-order valence-electron chi connectivity index (χ4n) is 2.60. The van der Waals surface area contributed by atoms with Crippen LogP contribution in [0.2, 0.25) is 0 Å². The summed E-state index contributed by atoms with van der Waals surface area (Å²) in [5.41, 5.74) is 1.14. The highest BCUT2D eigenvalue weighted by atomic mass is 16.2. The first kappa shape index (κ1) is 15.9. The lowest BCUT2D eigenvalue weighted by Gasteiger charge is -2.15. The third-order valence-corrected chi connectivity index (χ3v) is 3.91. The van der Waals surface area contributed by atoms with Gasteiger partial charge in [-0.25, -0.2) is 0 Å². The van der Waals surface area contributed by atoms with Crippen LogP contribution in [0.4, 0.5) is 11.4 Å². The van der Waals surface area contributed by atoms with Gasteiger partial charge in [-0.1, -0.05) is 48.6 Å². The summed E-state index contributed by atoms with van der Waals surface area (Å²) in [7, 11) is 0. The number of rotatable bonds is 4. The van der Waals surface area contributed by atoms with Crippen molar-refractivity contribution in [2.24, 2.45) is 11.8 Å². The van der Waals surface area contributed by atoms with Gasteiger partial charge in [-0.3, -0.25) is 14.6 Å². The van der Waals surface area contributed by atoms with Gasteiger partial charge in [0.15, 0.2) is 0 Å². The maximum Gasteiger partial charge on any atom is 0.231 e. The van der Waals surface area contributed by atoms with Crippen molar-refractivity contribution in [2.45, 2.75) is 12.8 Å². The molecule has 2 unspecified atom stereocenters. The predicted octanol–water partition coefficient (Wildman–Crippen LogP) is 3.22. The van der Waals surface area contributed by atoms with Crippen LogP contribution in [0.15, 0.2) is 67.1 Å². The molecular weight excluding hydrogens is 302 g/mol. The zero-order valence-electron chi connectivity index (χ0n) is 13.2. The van der Waals surface area contributed by atoms with Gasteiger partial charge in [0.2, 0.25) is 11.8 Å². The Kier molecular flexibility index (Phi) is 5.01. The number of hydrogen-bond donors (Lipinski definition) is 2. The average Bonchev–Trinajstić information content (AvgIpc) is 2.63. The van der Waals surface area contributed by atoms with Gasteiger partial charge in [0.25, 0.3) is 0 Å². The number of nitrogens with zero attached hydrogens (tertiary/aromatic N) is 1. The fraction of sp³-hybridized carbons (Fsp3) is 0.211. The third-order valence-electron chi connectivity index (χ3n) is 3.91. The Hall–Kier alpha value is -2.95. The van der Waals surface area contributed by atoms with Crippen LogP contribution in [-0.2, 0) is 9.59 Å². The Bertz CT molecular complexity index is 687. The van der Waals surface area contributed by atoms with E-state index in [9.17, 15) is 9.59 Å². The largest absolute Gasteiger partial charge is 0.324 e. The molecule has 2 N–H and O–H groups in total. The number of aromatic nitrogens is 1. The maximum absolute atomic E-state index is 12.2. The van der Waals surface area contributed by atoms with Crippen molar-refractivity contribution in [3.63, 3.8) is 0 Å². The summed E-state index contributed by atoms with van der Waals surface area (Å²) in [6, 6.07) is 1.72. The number of pyridine rings is 1. The quantitative estimate of drug-likeness (QED) is 0.894. The molecule has 1 aromatic rings. The first-order chi connectivity index (χ1) is 11.7. The highest BCUT2D eigenvalue weighted by molar-refractivity contribution is 5.96. The normalized spacial score (nSPS) is 21.5. The van der Waals surface area contributed by atoms with Crippen LogP contribution in [0.3, 0.4) is 0 Å². The first-order valence-corrected chi connectivity index (χ1v) is 7.96. The molecule has 0 bridgehead atoms. The van der Waals surface area contributed by atoms with Crippen molar-refractivity contribution in [3.8, 4) is 0 Å². The van der Waals surface area contributed by atoms with Crippen molar-refractivity contribution in [3.05, 3.63) is 67.1 Å². The van der Waals surface area contributed by atoms with Gasteiger partial charge in [0.05, 0.1) is 35.6 Å².